The largest absolute Gasteiger partial charge is 0.490 e. The first-order chi connectivity index (χ1) is 11.8. The van der Waals surface area contributed by atoms with Crippen LogP contribution in [0.15, 0.2) is 53.4 Å². The normalized spacial score (nSPS) is 11.4. The lowest BCUT2D eigenvalue weighted by Gasteiger charge is -2.11. The van der Waals surface area contributed by atoms with Crippen molar-refractivity contribution >= 4 is 27.6 Å². The monoisotopic (exact) mass is 383 g/mol. The number of esters is 1. The van der Waals surface area contributed by atoms with Crippen molar-refractivity contribution in [2.75, 3.05) is 27.3 Å². The Morgan fingerprint density at radius 1 is 1.08 bits per heavy atom. The number of hydrogen-bond acceptors (Lipinski definition) is 5. The Bertz CT molecular complexity index is 834. The highest BCUT2D eigenvalue weighted by atomic mass is 35.5. The van der Waals surface area contributed by atoms with Gasteiger partial charge in [-0.15, -0.1) is 0 Å². The number of carbonyl (C=O) groups excluding carboxylic acids is 1. The maximum atomic E-state index is 12.0. The molecule has 0 fully saturated rings. The summed E-state index contributed by atoms with van der Waals surface area (Å²) in [5, 5.41) is 0.558. The average molecular weight is 384 g/mol. The van der Waals surface area contributed by atoms with Crippen LogP contribution in [0.2, 0.25) is 5.02 Å². The number of hydrogen-bond donors (Lipinski definition) is 0. The van der Waals surface area contributed by atoms with Crippen LogP contribution in [0.3, 0.4) is 0 Å². The molecule has 0 aromatic heterocycles. The molecule has 6 nitrogen and oxygen atoms in total. The molecule has 0 radical (unpaired) electrons. The van der Waals surface area contributed by atoms with Gasteiger partial charge in [0.15, 0.2) is 0 Å². The Labute approximate surface area is 152 Å². The summed E-state index contributed by atoms with van der Waals surface area (Å²) in [6, 6.07) is 12.5. The van der Waals surface area contributed by atoms with E-state index >= 15 is 0 Å². The highest BCUT2D eigenvalue weighted by molar-refractivity contribution is 7.89. The molecule has 0 unspecified atom stereocenters. The van der Waals surface area contributed by atoms with E-state index in [2.05, 4.69) is 0 Å². The van der Waals surface area contributed by atoms with E-state index in [-0.39, 0.29) is 23.7 Å². The van der Waals surface area contributed by atoms with Crippen LogP contribution in [-0.4, -0.2) is 46.0 Å². The second kappa shape index (κ2) is 8.33. The first-order valence-corrected chi connectivity index (χ1v) is 9.20. The van der Waals surface area contributed by atoms with Gasteiger partial charge in [0.2, 0.25) is 10.0 Å². The smallest absolute Gasteiger partial charge is 0.338 e. The molecule has 25 heavy (non-hydrogen) atoms. The zero-order valence-corrected chi connectivity index (χ0v) is 15.4. The minimum Gasteiger partial charge on any atom is -0.490 e. The summed E-state index contributed by atoms with van der Waals surface area (Å²) in [4.78, 5) is 12.1. The molecule has 0 aliphatic rings. The lowest BCUT2D eigenvalue weighted by molar-refractivity contribution is 0.0450. The third kappa shape index (κ3) is 5.19. The lowest BCUT2D eigenvalue weighted by Crippen LogP contribution is -2.22. The fourth-order valence-corrected chi connectivity index (χ4v) is 2.99. The zero-order chi connectivity index (χ0) is 18.4. The molecule has 0 saturated carbocycles. The second-order valence-electron chi connectivity index (χ2n) is 5.25. The van der Waals surface area contributed by atoms with E-state index < -0.39 is 16.0 Å². The molecule has 134 valence electrons. The number of nitrogens with zero attached hydrogens (tertiary/aromatic N) is 1. The molecule has 0 aliphatic carbocycles. The topological polar surface area (TPSA) is 72.9 Å². The number of benzene rings is 2. The van der Waals surface area contributed by atoms with Crippen molar-refractivity contribution in [2.24, 2.45) is 0 Å². The molecule has 0 heterocycles. The van der Waals surface area contributed by atoms with E-state index in [1.165, 1.54) is 38.4 Å². The predicted molar refractivity (Wildman–Crippen MR) is 94.5 cm³/mol. The van der Waals surface area contributed by atoms with E-state index in [4.69, 9.17) is 21.1 Å². The fourth-order valence-electron chi connectivity index (χ4n) is 1.91. The minimum atomic E-state index is -3.52. The van der Waals surface area contributed by atoms with Gasteiger partial charge in [-0.25, -0.2) is 17.5 Å². The van der Waals surface area contributed by atoms with E-state index in [0.717, 1.165) is 4.31 Å². The Morgan fingerprint density at radius 2 is 1.76 bits per heavy atom. The van der Waals surface area contributed by atoms with Gasteiger partial charge in [0.25, 0.3) is 0 Å². The molecule has 2 rings (SSSR count). The Morgan fingerprint density at radius 3 is 2.36 bits per heavy atom. The lowest BCUT2D eigenvalue weighted by atomic mass is 10.2. The molecule has 0 saturated heterocycles. The Kier molecular flexibility index (Phi) is 6.41. The van der Waals surface area contributed by atoms with E-state index in [1.807, 2.05) is 0 Å². The minimum absolute atomic E-state index is 0.0586. The molecule has 0 N–H and O–H groups in total. The van der Waals surface area contributed by atoms with Crippen molar-refractivity contribution in [2.45, 2.75) is 4.90 Å². The van der Waals surface area contributed by atoms with Gasteiger partial charge in [0.1, 0.15) is 19.0 Å². The summed E-state index contributed by atoms with van der Waals surface area (Å²) in [5.41, 5.74) is 0.264. The molecular weight excluding hydrogens is 366 g/mol. The third-order valence-corrected chi connectivity index (χ3v) is 5.31. The first-order valence-electron chi connectivity index (χ1n) is 7.39. The number of carbonyl (C=O) groups is 1. The summed E-state index contributed by atoms with van der Waals surface area (Å²) < 4.78 is 35.6. The van der Waals surface area contributed by atoms with Gasteiger partial charge in [0, 0.05) is 19.1 Å². The average Bonchev–Trinajstić information content (AvgIpc) is 2.58. The van der Waals surface area contributed by atoms with Gasteiger partial charge in [-0.3, -0.25) is 0 Å². The highest BCUT2D eigenvalue weighted by Gasteiger charge is 2.17. The molecule has 8 heteroatoms. The number of halogens is 1. The predicted octanol–water partition coefficient (Wildman–Crippen LogP) is 2.83. The summed E-state index contributed by atoms with van der Waals surface area (Å²) in [6.07, 6.45) is 0. The highest BCUT2D eigenvalue weighted by Crippen LogP contribution is 2.17. The van der Waals surface area contributed by atoms with Crippen LogP contribution in [0.4, 0.5) is 0 Å². The van der Waals surface area contributed by atoms with Gasteiger partial charge in [-0.2, -0.15) is 0 Å². The van der Waals surface area contributed by atoms with E-state index in [1.54, 1.807) is 24.3 Å². The molecule has 0 bridgehead atoms. The van der Waals surface area contributed by atoms with Gasteiger partial charge in [-0.05, 0) is 42.5 Å². The van der Waals surface area contributed by atoms with Gasteiger partial charge in [-0.1, -0.05) is 17.7 Å². The third-order valence-electron chi connectivity index (χ3n) is 3.25. The van der Waals surface area contributed by atoms with Crippen LogP contribution in [0.25, 0.3) is 0 Å². The first kappa shape index (κ1) is 19.2. The van der Waals surface area contributed by atoms with Crippen molar-refractivity contribution in [3.8, 4) is 5.75 Å². The number of rotatable bonds is 7. The summed E-state index contributed by atoms with van der Waals surface area (Å²) in [7, 11) is -0.640. The van der Waals surface area contributed by atoms with Crippen LogP contribution in [0.5, 0.6) is 5.75 Å². The van der Waals surface area contributed by atoms with Crippen molar-refractivity contribution in [3.63, 3.8) is 0 Å². The Hall–Kier alpha value is -2.09. The Balaban J connectivity index is 1.87. The summed E-state index contributed by atoms with van der Waals surface area (Å²) in [5.74, 6) is 0.0327. The molecular formula is C17H18ClNO5S. The van der Waals surface area contributed by atoms with Crippen molar-refractivity contribution in [1.29, 1.82) is 0 Å². The summed E-state index contributed by atoms with van der Waals surface area (Å²) in [6.45, 7) is 0.238. The molecule has 0 spiro atoms. The number of sulfonamides is 1. The molecule has 0 amide bonds. The SMILES string of the molecule is CN(C)S(=O)(=O)c1ccc(C(=O)OCCOc2cccc(Cl)c2)cc1. The van der Waals surface area contributed by atoms with Crippen LogP contribution < -0.4 is 4.74 Å². The van der Waals surface area contributed by atoms with Gasteiger partial charge < -0.3 is 9.47 Å². The maximum absolute atomic E-state index is 12.0. The molecule has 0 aliphatic heterocycles. The van der Waals surface area contributed by atoms with Crippen LogP contribution in [-0.2, 0) is 14.8 Å². The standard InChI is InChI=1S/C17H18ClNO5S/c1-19(2)25(21,22)16-8-6-13(7-9-16)17(20)24-11-10-23-15-5-3-4-14(18)12-15/h3-9,12H,10-11H2,1-2H3. The van der Waals surface area contributed by atoms with Gasteiger partial charge in [0.05, 0.1) is 10.5 Å². The fraction of sp³-hybridized carbons (Fsp3) is 0.235. The summed E-state index contributed by atoms with van der Waals surface area (Å²) >= 11 is 5.84. The number of ether oxygens (including phenoxy) is 2. The van der Waals surface area contributed by atoms with E-state index in [9.17, 15) is 13.2 Å². The molecule has 2 aromatic carbocycles. The molecule has 2 aromatic rings. The van der Waals surface area contributed by atoms with Crippen molar-refractivity contribution < 1.29 is 22.7 Å². The molecule has 0 atom stereocenters. The van der Waals surface area contributed by atoms with Gasteiger partial charge >= 0.3 is 5.97 Å². The van der Waals surface area contributed by atoms with Crippen LogP contribution >= 0.6 is 11.6 Å². The zero-order valence-electron chi connectivity index (χ0n) is 13.8. The second-order valence-corrected chi connectivity index (χ2v) is 7.84. The van der Waals surface area contributed by atoms with Crippen LogP contribution in [0.1, 0.15) is 10.4 Å². The quantitative estimate of drug-likeness (QED) is 0.543. The van der Waals surface area contributed by atoms with Crippen LogP contribution in [0, 0.1) is 0 Å². The maximum Gasteiger partial charge on any atom is 0.338 e. The van der Waals surface area contributed by atoms with Crippen molar-refractivity contribution in [3.05, 3.63) is 59.1 Å². The van der Waals surface area contributed by atoms with E-state index in [0.29, 0.717) is 10.8 Å². The van der Waals surface area contributed by atoms with Crippen molar-refractivity contribution in [1.82, 2.24) is 4.31 Å².